The Balaban J connectivity index is 1.07. The Labute approximate surface area is 212 Å². The number of hydrogen-bond acceptors (Lipinski definition) is 7. The molecule has 3 aliphatic heterocycles. The molecule has 3 N–H and O–H groups in total. The number of alkyl halides is 3. The van der Waals surface area contributed by atoms with E-state index in [0.29, 0.717) is 61.0 Å². The standard InChI is InChI=1S/C23H22BrF3N6O3/c24-17-3-12(5-28-20(17)36-10-23(25,26)27)22(35)33-8-15-13-6-32(7-14(13)16(15)9-33)21(34)11-1-2-18-19(4-11)30-31-29-18/h1-5,13-16,29-31H,6-10H2/t13-,14+,15+,16-. The number of likely N-dealkylation sites (tertiary alicyclic amines) is 2. The van der Waals surface area contributed by atoms with Gasteiger partial charge in [-0.25, -0.2) is 4.98 Å². The summed E-state index contributed by atoms with van der Waals surface area (Å²) in [6, 6.07) is 6.95. The number of nitrogens with zero attached hydrogens (tertiary/aromatic N) is 3. The maximum Gasteiger partial charge on any atom is 0.422 e. The fourth-order valence-electron chi connectivity index (χ4n) is 5.93. The van der Waals surface area contributed by atoms with Crippen LogP contribution in [0.1, 0.15) is 20.7 Å². The Kier molecular flexibility index (Phi) is 5.52. The van der Waals surface area contributed by atoms with Gasteiger partial charge >= 0.3 is 6.18 Å². The first-order chi connectivity index (χ1) is 17.2. The number of fused-ring (bicyclic) bond motifs is 5. The number of pyridine rings is 1. The van der Waals surface area contributed by atoms with Crippen LogP contribution in [0.15, 0.2) is 34.9 Å². The minimum atomic E-state index is -4.48. The third kappa shape index (κ3) is 4.03. The number of halogens is 4. The van der Waals surface area contributed by atoms with Gasteiger partial charge < -0.3 is 25.4 Å². The summed E-state index contributed by atoms with van der Waals surface area (Å²) >= 11 is 3.15. The second-order valence-electron chi connectivity index (χ2n) is 9.63. The molecule has 1 aliphatic carbocycles. The number of nitrogens with one attached hydrogen (secondary N) is 3. The van der Waals surface area contributed by atoms with E-state index in [0.717, 1.165) is 11.4 Å². The molecule has 36 heavy (non-hydrogen) atoms. The third-order valence-corrected chi connectivity index (χ3v) is 8.15. The molecule has 4 aliphatic rings. The zero-order valence-corrected chi connectivity index (χ0v) is 20.4. The molecule has 1 aromatic carbocycles. The number of rotatable bonds is 4. The van der Waals surface area contributed by atoms with Crippen molar-refractivity contribution in [2.45, 2.75) is 6.18 Å². The second kappa shape index (κ2) is 8.51. The zero-order chi connectivity index (χ0) is 25.2. The highest BCUT2D eigenvalue weighted by atomic mass is 79.9. The predicted octanol–water partition coefficient (Wildman–Crippen LogP) is 3.13. The molecule has 1 aromatic heterocycles. The number of aromatic nitrogens is 1. The molecule has 0 radical (unpaired) electrons. The van der Waals surface area contributed by atoms with E-state index in [-0.39, 0.29) is 22.2 Å². The van der Waals surface area contributed by atoms with Gasteiger partial charge in [0.25, 0.3) is 11.8 Å². The molecule has 13 heteroatoms. The molecule has 9 nitrogen and oxygen atoms in total. The van der Waals surface area contributed by atoms with Crippen molar-refractivity contribution in [2.24, 2.45) is 23.7 Å². The van der Waals surface area contributed by atoms with E-state index in [1.807, 2.05) is 23.1 Å². The van der Waals surface area contributed by atoms with Crippen molar-refractivity contribution in [3.63, 3.8) is 0 Å². The van der Waals surface area contributed by atoms with E-state index in [9.17, 15) is 22.8 Å². The van der Waals surface area contributed by atoms with E-state index in [4.69, 9.17) is 0 Å². The van der Waals surface area contributed by atoms with E-state index in [2.05, 4.69) is 42.0 Å². The van der Waals surface area contributed by atoms with Gasteiger partial charge in [-0.3, -0.25) is 9.59 Å². The maximum atomic E-state index is 13.1. The first-order valence-electron chi connectivity index (χ1n) is 11.5. The number of hydrogen-bond donors (Lipinski definition) is 3. The molecule has 6 rings (SSSR count). The van der Waals surface area contributed by atoms with Gasteiger partial charge in [-0.05, 0) is 63.9 Å². The van der Waals surface area contributed by atoms with Crippen LogP contribution in [0, 0.1) is 23.7 Å². The summed E-state index contributed by atoms with van der Waals surface area (Å²) in [5.74, 6) is 0.965. The molecule has 1 saturated carbocycles. The SMILES string of the molecule is O=C(c1cnc(OCC(F)(F)F)c(Br)c1)N1C[C@@H]2[C@H](C1)[C@H]1CN(C(=O)c3ccc4c(c3)NNN4)C[C@@H]21. The van der Waals surface area contributed by atoms with Gasteiger partial charge in [0.1, 0.15) is 0 Å². The Morgan fingerprint density at radius 1 is 0.944 bits per heavy atom. The molecule has 190 valence electrons. The van der Waals surface area contributed by atoms with Crippen LogP contribution in [-0.4, -0.2) is 65.6 Å². The first-order valence-corrected chi connectivity index (χ1v) is 12.3. The molecule has 2 aromatic rings. The third-order valence-electron chi connectivity index (χ3n) is 7.59. The number of ether oxygens (including phenoxy) is 1. The largest absolute Gasteiger partial charge is 0.467 e. The van der Waals surface area contributed by atoms with Crippen LogP contribution < -0.4 is 21.1 Å². The average molecular weight is 567 g/mol. The summed E-state index contributed by atoms with van der Waals surface area (Å²) in [5.41, 5.74) is 11.4. The summed E-state index contributed by atoms with van der Waals surface area (Å²) in [5, 5.41) is 0. The van der Waals surface area contributed by atoms with Crippen molar-refractivity contribution < 1.29 is 27.5 Å². The summed E-state index contributed by atoms with van der Waals surface area (Å²) in [6.45, 7) is 1.08. The number of carbonyl (C=O) groups excluding carboxylic acids is 2. The van der Waals surface area contributed by atoms with E-state index in [1.54, 1.807) is 4.90 Å². The normalized spacial score (nSPS) is 25.9. The van der Waals surface area contributed by atoms with Crippen LogP contribution in [-0.2, 0) is 0 Å². The minimum Gasteiger partial charge on any atom is -0.467 e. The monoisotopic (exact) mass is 566 g/mol. The van der Waals surface area contributed by atoms with Crippen molar-refractivity contribution in [1.29, 1.82) is 0 Å². The topological polar surface area (TPSA) is 98.8 Å². The minimum absolute atomic E-state index is 0.00987. The fourth-order valence-corrected chi connectivity index (χ4v) is 6.39. The van der Waals surface area contributed by atoms with E-state index in [1.165, 1.54) is 12.3 Å². The van der Waals surface area contributed by atoms with Gasteiger partial charge in [0.05, 0.1) is 21.4 Å². The highest BCUT2D eigenvalue weighted by Gasteiger charge is 2.59. The van der Waals surface area contributed by atoms with Crippen LogP contribution in [0.3, 0.4) is 0 Å². The van der Waals surface area contributed by atoms with Crippen LogP contribution in [0.25, 0.3) is 0 Å². The molecule has 3 fully saturated rings. The van der Waals surface area contributed by atoms with Crippen LogP contribution in [0.5, 0.6) is 5.88 Å². The van der Waals surface area contributed by atoms with Crippen LogP contribution >= 0.6 is 15.9 Å². The summed E-state index contributed by atoms with van der Waals surface area (Å²) < 4.78 is 42.1. The fraction of sp³-hybridized carbons (Fsp3) is 0.435. The number of anilines is 2. The predicted molar refractivity (Wildman–Crippen MR) is 126 cm³/mol. The van der Waals surface area contributed by atoms with E-state index < -0.39 is 12.8 Å². The van der Waals surface area contributed by atoms with Crippen LogP contribution in [0.4, 0.5) is 24.5 Å². The molecule has 0 spiro atoms. The lowest BCUT2D eigenvalue weighted by atomic mass is 9.60. The molecule has 0 unspecified atom stereocenters. The maximum absolute atomic E-state index is 13.1. The highest BCUT2D eigenvalue weighted by molar-refractivity contribution is 9.10. The van der Waals surface area contributed by atoms with Gasteiger partial charge in [0.15, 0.2) is 6.61 Å². The van der Waals surface area contributed by atoms with Crippen molar-refractivity contribution in [2.75, 3.05) is 43.6 Å². The average Bonchev–Trinajstić information content (AvgIpc) is 3.55. The highest BCUT2D eigenvalue weighted by Crippen LogP contribution is 2.54. The Hall–Kier alpha value is -3.06. The molecular weight excluding hydrogens is 545 g/mol. The number of benzene rings is 1. The van der Waals surface area contributed by atoms with Gasteiger partial charge in [-0.15, -0.1) is 5.53 Å². The van der Waals surface area contributed by atoms with Crippen molar-refractivity contribution in [3.05, 3.63) is 46.1 Å². The van der Waals surface area contributed by atoms with E-state index >= 15 is 0 Å². The Morgan fingerprint density at radius 3 is 2.11 bits per heavy atom. The number of carbonyl (C=O) groups is 2. The molecule has 4 heterocycles. The van der Waals surface area contributed by atoms with Crippen molar-refractivity contribution >= 4 is 39.1 Å². The second-order valence-corrected chi connectivity index (χ2v) is 10.5. The molecular formula is C23H22BrF3N6O3. The lowest BCUT2D eigenvalue weighted by molar-refractivity contribution is -0.154. The van der Waals surface area contributed by atoms with Crippen molar-refractivity contribution in [1.82, 2.24) is 20.3 Å². The molecule has 2 amide bonds. The van der Waals surface area contributed by atoms with Gasteiger partial charge in [-0.1, -0.05) is 0 Å². The number of amides is 2. The zero-order valence-electron chi connectivity index (χ0n) is 18.8. The first kappa shape index (κ1) is 23.3. The molecule has 0 bridgehead atoms. The lowest BCUT2D eigenvalue weighted by Crippen LogP contribution is -2.44. The van der Waals surface area contributed by atoms with Gasteiger partial charge in [0.2, 0.25) is 5.88 Å². The van der Waals surface area contributed by atoms with Gasteiger partial charge in [0, 0.05) is 37.9 Å². The number of hydrazine groups is 2. The summed E-state index contributed by atoms with van der Waals surface area (Å²) in [6.07, 6.45) is -3.23. The summed E-state index contributed by atoms with van der Waals surface area (Å²) in [7, 11) is 0. The molecule has 4 atom stereocenters. The Bertz CT molecular complexity index is 1220. The van der Waals surface area contributed by atoms with Crippen molar-refractivity contribution in [3.8, 4) is 5.88 Å². The van der Waals surface area contributed by atoms with Gasteiger partial charge in [-0.2, -0.15) is 13.2 Å². The molecule has 2 saturated heterocycles. The Morgan fingerprint density at radius 2 is 1.53 bits per heavy atom. The summed E-state index contributed by atoms with van der Waals surface area (Å²) in [4.78, 5) is 33.8. The van der Waals surface area contributed by atoms with Crippen LogP contribution in [0.2, 0.25) is 0 Å². The lowest BCUT2D eigenvalue weighted by Gasteiger charge is -2.42. The quantitative estimate of drug-likeness (QED) is 0.523. The smallest absolute Gasteiger partial charge is 0.422 e.